The molecule has 1 aliphatic rings. The molecular formula is C31H27N3O2. The Bertz CT molecular complexity index is 1640. The van der Waals surface area contributed by atoms with Crippen molar-refractivity contribution < 1.29 is 4.79 Å². The molecule has 5 aromatic rings. The molecule has 1 unspecified atom stereocenters. The molecule has 1 heterocycles. The molecule has 5 nitrogen and oxygen atoms in total. The zero-order valence-electron chi connectivity index (χ0n) is 20.2. The van der Waals surface area contributed by atoms with Crippen LogP contribution in [0.25, 0.3) is 27.4 Å². The first kappa shape index (κ1) is 22.2. The molecule has 0 bridgehead atoms. The lowest BCUT2D eigenvalue weighted by Gasteiger charge is -2.31. The lowest BCUT2D eigenvalue weighted by Crippen LogP contribution is -2.38. The minimum absolute atomic E-state index is 0.0532. The zero-order valence-corrected chi connectivity index (χ0v) is 20.2. The molecule has 1 saturated carbocycles. The van der Waals surface area contributed by atoms with Crippen LogP contribution in [0.4, 0.5) is 0 Å². The fraction of sp³-hybridized carbons (Fsp3) is 0.194. The Kier molecular flexibility index (Phi) is 5.61. The highest BCUT2D eigenvalue weighted by molar-refractivity contribution is 5.85. The smallest absolute Gasteiger partial charge is 0.266 e. The predicted molar refractivity (Wildman–Crippen MR) is 143 cm³/mol. The van der Waals surface area contributed by atoms with E-state index in [1.807, 2.05) is 103 Å². The van der Waals surface area contributed by atoms with E-state index in [0.717, 1.165) is 34.9 Å². The number of para-hydroxylation sites is 1. The van der Waals surface area contributed by atoms with E-state index in [1.165, 1.54) is 0 Å². The molecule has 0 spiro atoms. The van der Waals surface area contributed by atoms with E-state index in [1.54, 1.807) is 4.57 Å². The van der Waals surface area contributed by atoms with Crippen LogP contribution in [0.5, 0.6) is 0 Å². The highest BCUT2D eigenvalue weighted by atomic mass is 16.2. The molecule has 0 N–H and O–H groups in total. The summed E-state index contributed by atoms with van der Waals surface area (Å²) in [5, 5.41) is 2.71. The average Bonchev–Trinajstić information content (AvgIpc) is 3.77. The number of carbonyl (C=O) groups excluding carboxylic acids is 1. The van der Waals surface area contributed by atoms with Gasteiger partial charge in [0.15, 0.2) is 0 Å². The molecular weight excluding hydrogens is 446 g/mol. The highest BCUT2D eigenvalue weighted by Gasteiger charge is 2.37. The van der Waals surface area contributed by atoms with E-state index < -0.39 is 6.04 Å². The second-order valence-electron chi connectivity index (χ2n) is 9.56. The number of amides is 1. The minimum Gasteiger partial charge on any atom is -0.328 e. The average molecular weight is 474 g/mol. The molecule has 1 aromatic heterocycles. The number of rotatable bonds is 6. The Hall–Kier alpha value is -4.25. The monoisotopic (exact) mass is 473 g/mol. The van der Waals surface area contributed by atoms with Crippen molar-refractivity contribution in [3.05, 3.63) is 119 Å². The van der Waals surface area contributed by atoms with Gasteiger partial charge >= 0.3 is 0 Å². The molecule has 6 rings (SSSR count). The Morgan fingerprint density at radius 1 is 0.917 bits per heavy atom. The van der Waals surface area contributed by atoms with Crippen LogP contribution in [0.15, 0.2) is 102 Å². The van der Waals surface area contributed by atoms with Gasteiger partial charge in [0, 0.05) is 12.5 Å². The summed E-state index contributed by atoms with van der Waals surface area (Å²) in [6.07, 6.45) is 1.83. The van der Waals surface area contributed by atoms with Crippen molar-refractivity contribution in [2.24, 2.45) is 5.92 Å². The Balaban J connectivity index is 1.54. The molecule has 4 aromatic carbocycles. The maximum atomic E-state index is 13.9. The van der Waals surface area contributed by atoms with Gasteiger partial charge in [-0.15, -0.1) is 0 Å². The number of aromatic nitrogens is 2. The van der Waals surface area contributed by atoms with Gasteiger partial charge in [-0.3, -0.25) is 14.2 Å². The fourth-order valence-corrected chi connectivity index (χ4v) is 4.89. The number of nitrogens with zero attached hydrogens (tertiary/aromatic N) is 3. The van der Waals surface area contributed by atoms with E-state index in [4.69, 9.17) is 4.98 Å². The molecule has 178 valence electrons. The summed E-state index contributed by atoms with van der Waals surface area (Å²) in [6.45, 7) is 2.45. The molecule has 0 radical (unpaired) electrons. The van der Waals surface area contributed by atoms with Gasteiger partial charge in [-0.25, -0.2) is 4.98 Å². The third-order valence-electron chi connectivity index (χ3n) is 7.04. The standard InChI is InChI=1S/C31H27N3O2/c1-21(33(30(35)24-15-16-24)20-22-9-3-2-4-10-22)29-32-28-14-8-7-13-27(28)31(36)34(29)26-18-17-23-11-5-6-12-25(23)19-26/h2-14,17-19,21,24H,15-16,20H2,1H3. The molecule has 1 atom stereocenters. The highest BCUT2D eigenvalue weighted by Crippen LogP contribution is 2.35. The lowest BCUT2D eigenvalue weighted by atomic mass is 10.1. The zero-order chi connectivity index (χ0) is 24.6. The topological polar surface area (TPSA) is 55.2 Å². The van der Waals surface area contributed by atoms with E-state index in [0.29, 0.717) is 23.3 Å². The third-order valence-corrected chi connectivity index (χ3v) is 7.04. The molecule has 1 aliphatic carbocycles. The Morgan fingerprint density at radius 3 is 2.39 bits per heavy atom. The fourth-order valence-electron chi connectivity index (χ4n) is 4.89. The summed E-state index contributed by atoms with van der Waals surface area (Å²) in [4.78, 5) is 34.3. The van der Waals surface area contributed by atoms with Crippen LogP contribution in [0.3, 0.4) is 0 Å². The van der Waals surface area contributed by atoms with Gasteiger partial charge in [0.05, 0.1) is 22.6 Å². The molecule has 0 saturated heterocycles. The first-order valence-corrected chi connectivity index (χ1v) is 12.5. The largest absolute Gasteiger partial charge is 0.328 e. The molecule has 5 heteroatoms. The maximum Gasteiger partial charge on any atom is 0.266 e. The van der Waals surface area contributed by atoms with Gasteiger partial charge in [0.2, 0.25) is 5.91 Å². The van der Waals surface area contributed by atoms with Crippen molar-refractivity contribution in [2.45, 2.75) is 32.4 Å². The predicted octanol–water partition coefficient (Wildman–Crippen LogP) is 6.04. The van der Waals surface area contributed by atoms with E-state index in [9.17, 15) is 9.59 Å². The first-order chi connectivity index (χ1) is 17.6. The van der Waals surface area contributed by atoms with E-state index in [2.05, 4.69) is 6.07 Å². The number of benzene rings is 4. The van der Waals surface area contributed by atoms with Gasteiger partial charge in [0.1, 0.15) is 5.82 Å². The number of fused-ring (bicyclic) bond motifs is 2. The van der Waals surface area contributed by atoms with Gasteiger partial charge in [-0.1, -0.05) is 72.8 Å². The molecule has 1 amide bonds. The lowest BCUT2D eigenvalue weighted by molar-refractivity contribution is -0.135. The Morgan fingerprint density at radius 2 is 1.61 bits per heavy atom. The number of hydrogen-bond donors (Lipinski definition) is 0. The quantitative estimate of drug-likeness (QED) is 0.302. The van der Waals surface area contributed by atoms with E-state index >= 15 is 0 Å². The van der Waals surface area contributed by atoms with Crippen LogP contribution in [0.1, 0.15) is 37.2 Å². The second kappa shape index (κ2) is 9.08. The summed E-state index contributed by atoms with van der Waals surface area (Å²) in [6, 6.07) is 31.1. The van der Waals surface area contributed by atoms with Gasteiger partial charge < -0.3 is 4.90 Å². The van der Waals surface area contributed by atoms with Crippen LogP contribution < -0.4 is 5.56 Å². The third kappa shape index (κ3) is 4.07. The molecule has 1 fully saturated rings. The van der Waals surface area contributed by atoms with Gasteiger partial charge in [0.25, 0.3) is 5.56 Å². The van der Waals surface area contributed by atoms with Crippen molar-refractivity contribution in [1.29, 1.82) is 0 Å². The number of hydrogen-bond acceptors (Lipinski definition) is 3. The summed E-state index contributed by atoms with van der Waals surface area (Å²) < 4.78 is 1.69. The van der Waals surface area contributed by atoms with Crippen molar-refractivity contribution in [3.63, 3.8) is 0 Å². The Labute approximate surface area is 209 Å². The van der Waals surface area contributed by atoms with Crippen molar-refractivity contribution in [3.8, 4) is 5.69 Å². The van der Waals surface area contributed by atoms with Crippen LogP contribution in [0, 0.1) is 5.92 Å². The molecule has 36 heavy (non-hydrogen) atoms. The summed E-state index contributed by atoms with van der Waals surface area (Å²) in [7, 11) is 0. The SMILES string of the molecule is CC(c1nc2ccccc2c(=O)n1-c1ccc2ccccc2c1)N(Cc1ccccc1)C(=O)C1CC1. The normalized spacial score (nSPS) is 14.1. The van der Waals surface area contributed by atoms with Gasteiger partial charge in [-0.2, -0.15) is 0 Å². The summed E-state index contributed by atoms with van der Waals surface area (Å²) in [5.41, 5.74) is 2.31. The van der Waals surface area contributed by atoms with Gasteiger partial charge in [-0.05, 0) is 60.4 Å². The molecule has 0 aliphatic heterocycles. The summed E-state index contributed by atoms with van der Waals surface area (Å²) >= 11 is 0. The van der Waals surface area contributed by atoms with Crippen LogP contribution in [-0.2, 0) is 11.3 Å². The number of carbonyl (C=O) groups is 1. The van der Waals surface area contributed by atoms with Crippen molar-refractivity contribution >= 4 is 27.6 Å². The minimum atomic E-state index is -0.401. The van der Waals surface area contributed by atoms with E-state index in [-0.39, 0.29) is 17.4 Å². The second-order valence-corrected chi connectivity index (χ2v) is 9.56. The van der Waals surface area contributed by atoms with Crippen LogP contribution >= 0.6 is 0 Å². The first-order valence-electron chi connectivity index (χ1n) is 12.5. The summed E-state index contributed by atoms with van der Waals surface area (Å²) in [5.74, 6) is 0.746. The van der Waals surface area contributed by atoms with Crippen molar-refractivity contribution in [2.75, 3.05) is 0 Å². The van der Waals surface area contributed by atoms with Crippen LogP contribution in [0.2, 0.25) is 0 Å². The van der Waals surface area contributed by atoms with Crippen LogP contribution in [-0.4, -0.2) is 20.4 Å². The maximum absolute atomic E-state index is 13.9. The van der Waals surface area contributed by atoms with Crippen molar-refractivity contribution in [1.82, 2.24) is 14.5 Å².